The summed E-state index contributed by atoms with van der Waals surface area (Å²) in [5.74, 6) is -0.404. The lowest BCUT2D eigenvalue weighted by atomic mass is 9.99. The number of unbranched alkanes of at least 4 members (excludes halogenated alkanes) is 19. The van der Waals surface area contributed by atoms with Crippen molar-refractivity contribution in [3.63, 3.8) is 0 Å². The third kappa shape index (κ3) is 34.8. The highest BCUT2D eigenvalue weighted by Gasteiger charge is 2.48. The molecule has 12 nitrogen and oxygen atoms in total. The van der Waals surface area contributed by atoms with Gasteiger partial charge in [0, 0.05) is 13.0 Å². The van der Waals surface area contributed by atoms with Crippen LogP contribution in [0.3, 0.4) is 0 Å². The monoisotopic (exact) mass is 913 g/mol. The van der Waals surface area contributed by atoms with Crippen LogP contribution in [0.15, 0.2) is 60.8 Å². The normalized spacial score (nSPS) is 20.4. The van der Waals surface area contributed by atoms with Gasteiger partial charge in [-0.05, 0) is 57.8 Å². The van der Waals surface area contributed by atoms with Crippen molar-refractivity contribution in [2.45, 2.75) is 224 Å². The third-order valence-electron chi connectivity index (χ3n) is 10.9. The molecule has 6 atom stereocenters. The van der Waals surface area contributed by atoms with Gasteiger partial charge in [-0.15, -0.1) is 0 Å². The Morgan fingerprint density at radius 1 is 0.619 bits per heavy atom. The smallest absolute Gasteiger partial charge is 0.397 e. The van der Waals surface area contributed by atoms with Gasteiger partial charge >= 0.3 is 16.4 Å². The van der Waals surface area contributed by atoms with Crippen molar-refractivity contribution in [3.05, 3.63) is 60.8 Å². The highest BCUT2D eigenvalue weighted by Crippen LogP contribution is 2.26. The minimum absolute atomic E-state index is 0.0324. The molecular weight excluding hydrogens is 825 g/mol. The van der Waals surface area contributed by atoms with Gasteiger partial charge in [0.25, 0.3) is 0 Å². The maximum atomic E-state index is 12.8. The number of ether oxygens (including phenoxy) is 4. The van der Waals surface area contributed by atoms with Crippen LogP contribution in [0, 0.1) is 0 Å². The molecule has 1 aliphatic rings. The predicted octanol–water partition coefficient (Wildman–Crippen LogP) is 10.9. The van der Waals surface area contributed by atoms with Crippen LogP contribution in [0.25, 0.3) is 0 Å². The van der Waals surface area contributed by atoms with Crippen molar-refractivity contribution in [2.75, 3.05) is 26.4 Å². The third-order valence-corrected chi connectivity index (χ3v) is 11.4. The van der Waals surface area contributed by atoms with Gasteiger partial charge in [0.1, 0.15) is 30.5 Å². The molecule has 0 saturated carbocycles. The second-order valence-corrected chi connectivity index (χ2v) is 17.7. The molecule has 0 aromatic rings. The molecule has 0 aromatic carbocycles. The molecule has 63 heavy (non-hydrogen) atoms. The average Bonchev–Trinajstić information content (AvgIpc) is 3.26. The fourth-order valence-electron chi connectivity index (χ4n) is 7.23. The molecule has 1 rings (SSSR count). The number of hydrogen-bond acceptors (Lipinski definition) is 11. The first kappa shape index (κ1) is 58.8. The predicted molar refractivity (Wildman–Crippen MR) is 253 cm³/mol. The minimum atomic E-state index is -5.06. The first-order valence-corrected chi connectivity index (χ1v) is 25.9. The Kier molecular flexibility index (Phi) is 38.5. The number of hydrogen-bond donors (Lipinski definition) is 4. The lowest BCUT2D eigenvalue weighted by molar-refractivity contribution is -0.301. The Hall–Kier alpha value is -2.20. The maximum Gasteiger partial charge on any atom is 0.397 e. The van der Waals surface area contributed by atoms with E-state index in [2.05, 4.69) is 78.8 Å². The van der Waals surface area contributed by atoms with Crippen LogP contribution in [-0.2, 0) is 38.3 Å². The number of aliphatic hydroxyl groups excluding tert-OH is 3. The molecule has 1 saturated heterocycles. The largest absolute Gasteiger partial charge is 0.457 e. The molecule has 4 N–H and O–H groups in total. The summed E-state index contributed by atoms with van der Waals surface area (Å²) in [6.07, 6.45) is 42.7. The van der Waals surface area contributed by atoms with E-state index in [1.807, 2.05) is 0 Å². The average molecular weight is 913 g/mol. The molecule has 1 fully saturated rings. The molecule has 0 spiro atoms. The van der Waals surface area contributed by atoms with Gasteiger partial charge in [0.05, 0.1) is 19.8 Å². The Morgan fingerprint density at radius 2 is 1.10 bits per heavy atom. The molecular formula is C50H88O12S. The summed E-state index contributed by atoms with van der Waals surface area (Å²) in [6, 6.07) is 0. The van der Waals surface area contributed by atoms with Crippen LogP contribution in [0.4, 0.5) is 0 Å². The SMILES string of the molecule is CC/C=C\C/C=C\C/C=C\C/C=C\C/C=C\CCCCCCCCCCCCOCC(COC1OC(CO)C(O)C(OS(=O)(=O)O)C1O)OC(=O)CCCCCCCCCCCC. The summed E-state index contributed by atoms with van der Waals surface area (Å²) in [6.45, 7) is 3.85. The fourth-order valence-corrected chi connectivity index (χ4v) is 7.74. The van der Waals surface area contributed by atoms with E-state index in [0.717, 1.165) is 77.0 Å². The summed E-state index contributed by atoms with van der Waals surface area (Å²) in [5, 5.41) is 30.7. The Morgan fingerprint density at radius 3 is 1.60 bits per heavy atom. The Bertz CT molecular complexity index is 1330. The molecule has 1 heterocycles. The summed E-state index contributed by atoms with van der Waals surface area (Å²) in [4.78, 5) is 12.8. The van der Waals surface area contributed by atoms with E-state index < -0.39 is 59.8 Å². The second-order valence-electron chi connectivity index (χ2n) is 16.7. The first-order valence-electron chi connectivity index (χ1n) is 24.5. The van der Waals surface area contributed by atoms with Gasteiger partial charge in [0.15, 0.2) is 6.29 Å². The van der Waals surface area contributed by atoms with Crippen LogP contribution in [-0.4, -0.2) is 97.5 Å². The minimum Gasteiger partial charge on any atom is -0.457 e. The van der Waals surface area contributed by atoms with Crippen molar-refractivity contribution in [2.24, 2.45) is 0 Å². The summed E-state index contributed by atoms with van der Waals surface area (Å²) in [5.41, 5.74) is 0. The lowest BCUT2D eigenvalue weighted by Gasteiger charge is -2.41. The molecule has 0 radical (unpaired) electrons. The zero-order valence-corrected chi connectivity index (χ0v) is 39.9. The van der Waals surface area contributed by atoms with Crippen LogP contribution in [0.5, 0.6) is 0 Å². The highest BCUT2D eigenvalue weighted by molar-refractivity contribution is 7.80. The van der Waals surface area contributed by atoms with Gasteiger partial charge in [-0.25, -0.2) is 4.18 Å². The van der Waals surface area contributed by atoms with Crippen molar-refractivity contribution in [1.82, 2.24) is 0 Å². The van der Waals surface area contributed by atoms with E-state index in [-0.39, 0.29) is 19.6 Å². The van der Waals surface area contributed by atoms with Crippen LogP contribution >= 0.6 is 0 Å². The number of aliphatic hydroxyl groups is 3. The number of carbonyl (C=O) groups is 1. The molecule has 1 aliphatic heterocycles. The van der Waals surface area contributed by atoms with Gasteiger partial charge in [-0.2, -0.15) is 8.42 Å². The maximum absolute atomic E-state index is 12.8. The van der Waals surface area contributed by atoms with E-state index in [0.29, 0.717) is 13.0 Å². The van der Waals surface area contributed by atoms with Crippen molar-refractivity contribution < 1.29 is 56.2 Å². The van der Waals surface area contributed by atoms with Crippen LogP contribution < -0.4 is 0 Å². The summed E-state index contributed by atoms with van der Waals surface area (Å²) < 4.78 is 59.1. The van der Waals surface area contributed by atoms with E-state index in [4.69, 9.17) is 23.5 Å². The van der Waals surface area contributed by atoms with Gasteiger partial charge < -0.3 is 34.3 Å². The van der Waals surface area contributed by atoms with E-state index in [1.165, 1.54) is 83.5 Å². The Balaban J connectivity index is 2.30. The standard InChI is InChI=1S/C50H88O12S/c1-3-5-7-9-11-13-15-16-17-18-19-20-21-22-23-24-25-26-27-28-29-30-32-34-36-38-40-58-42-44(60-46(52)39-37-35-33-31-14-12-10-8-6-4-2)43-59-50-48(54)49(62-63(55,56)57)47(53)45(41-51)61-50/h5,7,11,13,16-17,19-20,22-23,44-45,47-51,53-54H,3-4,6,8-10,12,14-15,18,21,24-43H2,1-2H3,(H,55,56,57)/b7-5-,13-11-,17-16-,20-19-,23-22-. The Labute approximate surface area is 382 Å². The van der Waals surface area contributed by atoms with Crippen LogP contribution in [0.2, 0.25) is 0 Å². The molecule has 13 heteroatoms. The van der Waals surface area contributed by atoms with E-state index in [9.17, 15) is 28.5 Å². The quantitative estimate of drug-likeness (QED) is 0.0197. The molecule has 0 bridgehead atoms. The summed E-state index contributed by atoms with van der Waals surface area (Å²) in [7, 11) is -5.06. The highest BCUT2D eigenvalue weighted by atomic mass is 32.3. The van der Waals surface area contributed by atoms with Gasteiger partial charge in [-0.3, -0.25) is 9.35 Å². The number of carbonyl (C=O) groups excluding carboxylic acids is 1. The number of esters is 1. The zero-order chi connectivity index (χ0) is 46.1. The van der Waals surface area contributed by atoms with E-state index in [1.54, 1.807) is 0 Å². The lowest BCUT2D eigenvalue weighted by Crippen LogP contribution is -2.60. The van der Waals surface area contributed by atoms with Gasteiger partial charge in [-0.1, -0.05) is 184 Å². The molecule has 6 unspecified atom stereocenters. The number of allylic oxidation sites excluding steroid dienone is 10. The van der Waals surface area contributed by atoms with Crippen LogP contribution in [0.1, 0.15) is 187 Å². The second kappa shape index (κ2) is 41.2. The van der Waals surface area contributed by atoms with Crippen molar-refractivity contribution in [1.29, 1.82) is 0 Å². The molecule has 0 amide bonds. The van der Waals surface area contributed by atoms with Crippen molar-refractivity contribution >= 4 is 16.4 Å². The van der Waals surface area contributed by atoms with Gasteiger partial charge in [0.2, 0.25) is 0 Å². The summed E-state index contributed by atoms with van der Waals surface area (Å²) >= 11 is 0. The zero-order valence-electron chi connectivity index (χ0n) is 39.1. The number of rotatable bonds is 42. The van der Waals surface area contributed by atoms with Crippen molar-refractivity contribution in [3.8, 4) is 0 Å². The topological polar surface area (TPSA) is 178 Å². The van der Waals surface area contributed by atoms with E-state index >= 15 is 0 Å². The molecule has 366 valence electrons. The fraction of sp³-hybridized carbons (Fsp3) is 0.780. The first-order chi connectivity index (χ1) is 30.6. The molecule has 0 aliphatic carbocycles. The molecule has 0 aromatic heterocycles.